The minimum atomic E-state index is -0.569. The number of carbonyl (C=O) groups excluding carboxylic acids is 1. The third-order valence-corrected chi connectivity index (χ3v) is 1.97. The molecule has 1 atom stereocenters. The molecule has 0 spiro atoms. The molecule has 0 aliphatic heterocycles. The smallest absolute Gasteiger partial charge is 0.270 e. The molecule has 1 amide bonds. The number of hydrogen-bond donors (Lipinski definition) is 1. The van der Waals surface area contributed by atoms with Crippen LogP contribution in [0.1, 0.15) is 29.2 Å². The number of rotatable bonds is 3. The molecule has 0 saturated carbocycles. The van der Waals surface area contributed by atoms with E-state index >= 15 is 0 Å². The van der Waals surface area contributed by atoms with Gasteiger partial charge in [-0.25, -0.2) is 0 Å². The molecule has 0 aromatic carbocycles. The number of primary amides is 1. The Bertz CT molecular complexity index is 306. The van der Waals surface area contributed by atoms with E-state index in [4.69, 9.17) is 10.3 Å². The molecule has 0 aliphatic carbocycles. The van der Waals surface area contributed by atoms with Gasteiger partial charge in [0.05, 0.1) is 6.04 Å². The molecule has 2 N–H and O–H groups in total. The summed E-state index contributed by atoms with van der Waals surface area (Å²) >= 11 is 0. The fourth-order valence-corrected chi connectivity index (χ4v) is 0.857. The van der Waals surface area contributed by atoms with Crippen molar-refractivity contribution in [2.75, 3.05) is 14.1 Å². The molecule has 5 nitrogen and oxygen atoms in total. The summed E-state index contributed by atoms with van der Waals surface area (Å²) < 4.78 is 4.96. The average Bonchev–Trinajstić information content (AvgIpc) is 2.50. The number of amides is 1. The Balaban J connectivity index is 2.85. The second-order valence-electron chi connectivity index (χ2n) is 3.12. The van der Waals surface area contributed by atoms with Crippen LogP contribution in [0.25, 0.3) is 0 Å². The molecule has 13 heavy (non-hydrogen) atoms. The minimum Gasteiger partial charge on any atom is -0.364 e. The Morgan fingerprint density at radius 3 is 2.69 bits per heavy atom. The molecule has 1 aromatic rings. The van der Waals surface area contributed by atoms with Gasteiger partial charge in [-0.3, -0.25) is 9.69 Å². The SMILES string of the molecule is CC(c1cc(C(N)=O)no1)N(C)C. The maximum absolute atomic E-state index is 10.7. The predicted molar refractivity (Wildman–Crippen MR) is 47.1 cm³/mol. The number of carbonyl (C=O) groups is 1. The number of hydrogen-bond acceptors (Lipinski definition) is 4. The van der Waals surface area contributed by atoms with E-state index < -0.39 is 5.91 Å². The third kappa shape index (κ3) is 2.06. The lowest BCUT2D eigenvalue weighted by atomic mass is 10.2. The van der Waals surface area contributed by atoms with Crippen molar-refractivity contribution in [3.8, 4) is 0 Å². The Hall–Kier alpha value is -1.36. The van der Waals surface area contributed by atoms with E-state index in [-0.39, 0.29) is 11.7 Å². The van der Waals surface area contributed by atoms with Crippen molar-refractivity contribution < 1.29 is 9.32 Å². The Kier molecular flexibility index (Phi) is 2.67. The van der Waals surface area contributed by atoms with Gasteiger partial charge in [0, 0.05) is 6.07 Å². The fraction of sp³-hybridized carbons (Fsp3) is 0.500. The van der Waals surface area contributed by atoms with E-state index in [1.54, 1.807) is 6.07 Å². The average molecular weight is 183 g/mol. The number of nitrogens with zero attached hydrogens (tertiary/aromatic N) is 2. The van der Waals surface area contributed by atoms with Crippen LogP contribution in [0.3, 0.4) is 0 Å². The molecule has 5 heteroatoms. The van der Waals surface area contributed by atoms with Crippen LogP contribution in [0.5, 0.6) is 0 Å². The molecular weight excluding hydrogens is 170 g/mol. The van der Waals surface area contributed by atoms with Crippen molar-refractivity contribution in [3.05, 3.63) is 17.5 Å². The van der Waals surface area contributed by atoms with Gasteiger partial charge >= 0.3 is 0 Å². The minimum absolute atomic E-state index is 0.0839. The normalized spacial score (nSPS) is 13.2. The zero-order chi connectivity index (χ0) is 10.0. The Labute approximate surface area is 76.5 Å². The quantitative estimate of drug-likeness (QED) is 0.736. The van der Waals surface area contributed by atoms with Gasteiger partial charge in [-0.1, -0.05) is 5.16 Å². The second-order valence-corrected chi connectivity index (χ2v) is 3.12. The van der Waals surface area contributed by atoms with Crippen LogP contribution in [0.15, 0.2) is 10.6 Å². The highest BCUT2D eigenvalue weighted by Crippen LogP contribution is 2.17. The zero-order valence-corrected chi connectivity index (χ0v) is 7.94. The highest BCUT2D eigenvalue weighted by molar-refractivity contribution is 5.90. The van der Waals surface area contributed by atoms with Gasteiger partial charge in [-0.05, 0) is 21.0 Å². The fourth-order valence-electron chi connectivity index (χ4n) is 0.857. The molecule has 72 valence electrons. The monoisotopic (exact) mass is 183 g/mol. The topological polar surface area (TPSA) is 72.4 Å². The van der Waals surface area contributed by atoms with Crippen LogP contribution >= 0.6 is 0 Å². The summed E-state index contributed by atoms with van der Waals surface area (Å²) in [7, 11) is 3.83. The van der Waals surface area contributed by atoms with Crippen molar-refractivity contribution in [3.63, 3.8) is 0 Å². The zero-order valence-electron chi connectivity index (χ0n) is 7.94. The lowest BCUT2D eigenvalue weighted by molar-refractivity contribution is 0.0991. The molecule has 1 unspecified atom stereocenters. The maximum atomic E-state index is 10.7. The second kappa shape index (κ2) is 3.57. The van der Waals surface area contributed by atoms with Crippen LogP contribution in [0.2, 0.25) is 0 Å². The van der Waals surface area contributed by atoms with Crippen molar-refractivity contribution in [2.24, 2.45) is 5.73 Å². The molecule has 0 fully saturated rings. The molecule has 0 radical (unpaired) electrons. The van der Waals surface area contributed by atoms with Crippen molar-refractivity contribution in [1.29, 1.82) is 0 Å². The summed E-state index contributed by atoms with van der Waals surface area (Å²) in [6.45, 7) is 1.95. The van der Waals surface area contributed by atoms with E-state index in [9.17, 15) is 4.79 Å². The number of aromatic nitrogens is 1. The van der Waals surface area contributed by atoms with E-state index in [1.807, 2.05) is 25.9 Å². The van der Waals surface area contributed by atoms with Gasteiger partial charge < -0.3 is 10.3 Å². The first-order valence-electron chi connectivity index (χ1n) is 3.95. The third-order valence-electron chi connectivity index (χ3n) is 1.97. The standard InChI is InChI=1S/C8H13N3O2/c1-5(11(2)3)7-4-6(8(9)12)10-13-7/h4-5H,1-3H3,(H2,9,12). The van der Waals surface area contributed by atoms with Crippen molar-refractivity contribution in [2.45, 2.75) is 13.0 Å². The molecule has 0 bridgehead atoms. The largest absolute Gasteiger partial charge is 0.364 e. The van der Waals surface area contributed by atoms with E-state index in [0.29, 0.717) is 5.76 Å². The van der Waals surface area contributed by atoms with Crippen LogP contribution in [-0.2, 0) is 0 Å². The summed E-state index contributed by atoms with van der Waals surface area (Å²) in [5.41, 5.74) is 5.20. The molecule has 0 aliphatic rings. The Morgan fingerprint density at radius 2 is 2.31 bits per heavy atom. The summed E-state index contributed by atoms with van der Waals surface area (Å²) in [6.07, 6.45) is 0. The first-order valence-corrected chi connectivity index (χ1v) is 3.95. The molecule has 0 saturated heterocycles. The summed E-state index contributed by atoms with van der Waals surface area (Å²) in [5, 5.41) is 3.54. The molecule has 1 rings (SSSR count). The lowest BCUT2D eigenvalue weighted by Crippen LogP contribution is -2.16. The highest BCUT2D eigenvalue weighted by Gasteiger charge is 2.15. The van der Waals surface area contributed by atoms with E-state index in [0.717, 1.165) is 0 Å². The van der Waals surface area contributed by atoms with Crippen molar-refractivity contribution >= 4 is 5.91 Å². The summed E-state index contributed by atoms with van der Waals surface area (Å²) in [6, 6.07) is 1.65. The Morgan fingerprint density at radius 1 is 1.69 bits per heavy atom. The predicted octanol–water partition coefficient (Wildman–Crippen LogP) is 0.396. The van der Waals surface area contributed by atoms with Crippen LogP contribution in [-0.4, -0.2) is 30.1 Å². The van der Waals surface area contributed by atoms with E-state index in [2.05, 4.69) is 5.16 Å². The first kappa shape index (κ1) is 9.73. The van der Waals surface area contributed by atoms with Gasteiger partial charge in [-0.2, -0.15) is 0 Å². The van der Waals surface area contributed by atoms with Crippen LogP contribution < -0.4 is 5.73 Å². The van der Waals surface area contributed by atoms with Crippen LogP contribution in [0.4, 0.5) is 0 Å². The molecular formula is C8H13N3O2. The molecule has 1 aromatic heterocycles. The van der Waals surface area contributed by atoms with Gasteiger partial charge in [0.1, 0.15) is 0 Å². The van der Waals surface area contributed by atoms with Gasteiger partial charge in [0.25, 0.3) is 5.91 Å². The van der Waals surface area contributed by atoms with E-state index in [1.165, 1.54) is 0 Å². The molecule has 1 heterocycles. The lowest BCUT2D eigenvalue weighted by Gasteiger charge is -2.15. The first-order chi connectivity index (χ1) is 6.02. The van der Waals surface area contributed by atoms with Gasteiger partial charge in [-0.15, -0.1) is 0 Å². The van der Waals surface area contributed by atoms with Crippen molar-refractivity contribution in [1.82, 2.24) is 10.1 Å². The number of nitrogens with two attached hydrogens (primary N) is 1. The highest BCUT2D eigenvalue weighted by atomic mass is 16.5. The maximum Gasteiger partial charge on any atom is 0.270 e. The van der Waals surface area contributed by atoms with Gasteiger partial charge in [0.15, 0.2) is 11.5 Å². The summed E-state index contributed by atoms with van der Waals surface area (Å²) in [4.78, 5) is 12.6. The van der Waals surface area contributed by atoms with Crippen LogP contribution in [0, 0.1) is 0 Å². The summed E-state index contributed by atoms with van der Waals surface area (Å²) in [5.74, 6) is 0.0692. The van der Waals surface area contributed by atoms with Gasteiger partial charge in [0.2, 0.25) is 0 Å².